The molecule has 40 heavy (non-hydrogen) atoms. The molecule has 0 bridgehead atoms. The van der Waals surface area contributed by atoms with Crippen LogP contribution in [0.2, 0.25) is 0 Å². The van der Waals surface area contributed by atoms with Crippen molar-refractivity contribution in [1.82, 2.24) is 14.8 Å². The summed E-state index contributed by atoms with van der Waals surface area (Å²) >= 11 is 1.21. The van der Waals surface area contributed by atoms with E-state index >= 15 is 4.39 Å². The van der Waals surface area contributed by atoms with Crippen molar-refractivity contribution in [2.75, 3.05) is 0 Å². The van der Waals surface area contributed by atoms with E-state index in [1.807, 2.05) is 48.5 Å². The Balaban J connectivity index is 1.53. The molecular formula is C30H25FN4O3S2. The first-order chi connectivity index (χ1) is 19.4. The summed E-state index contributed by atoms with van der Waals surface area (Å²) in [6.07, 6.45) is 3.14. The molecule has 3 N–H and O–H groups in total. The van der Waals surface area contributed by atoms with Crippen LogP contribution in [-0.4, -0.2) is 30.0 Å². The van der Waals surface area contributed by atoms with Gasteiger partial charge in [0.1, 0.15) is 16.8 Å². The van der Waals surface area contributed by atoms with Gasteiger partial charge in [-0.05, 0) is 60.1 Å². The van der Waals surface area contributed by atoms with E-state index in [1.165, 1.54) is 22.8 Å². The highest BCUT2D eigenvalue weighted by molar-refractivity contribution is 7.82. The second-order valence-corrected chi connectivity index (χ2v) is 11.7. The Morgan fingerprint density at radius 2 is 1.80 bits per heavy atom. The molecule has 6 rings (SSSR count). The van der Waals surface area contributed by atoms with Crippen LogP contribution in [0, 0.1) is 11.7 Å². The minimum atomic E-state index is -1.79. The van der Waals surface area contributed by atoms with Crippen molar-refractivity contribution in [2.45, 2.75) is 30.6 Å². The predicted octanol–water partition coefficient (Wildman–Crippen LogP) is 6.02. The molecule has 2 heterocycles. The second-order valence-electron chi connectivity index (χ2n) is 9.83. The smallest absolute Gasteiger partial charge is 0.355 e. The van der Waals surface area contributed by atoms with Crippen molar-refractivity contribution in [3.8, 4) is 27.5 Å². The largest absolute Gasteiger partial charge is 0.476 e. The van der Waals surface area contributed by atoms with Gasteiger partial charge in [-0.2, -0.15) is 5.10 Å². The summed E-state index contributed by atoms with van der Waals surface area (Å²) < 4.78 is 28.7. The zero-order chi connectivity index (χ0) is 27.8. The number of carboxylic acids is 1. The molecule has 1 aliphatic carbocycles. The Hall–Kier alpha value is -3.99. The zero-order valence-corrected chi connectivity index (χ0v) is 22.9. The lowest BCUT2D eigenvalue weighted by Gasteiger charge is -2.10. The minimum absolute atomic E-state index is 0.0431. The first-order valence-corrected chi connectivity index (χ1v) is 14.9. The molecule has 0 amide bonds. The van der Waals surface area contributed by atoms with E-state index in [1.54, 1.807) is 16.8 Å². The number of thiazole rings is 1. The summed E-state index contributed by atoms with van der Waals surface area (Å²) in [7, 11) is -1.79. The molecule has 10 heteroatoms. The lowest BCUT2D eigenvalue weighted by atomic mass is 9.95. The second kappa shape index (κ2) is 10.9. The first-order valence-electron chi connectivity index (χ1n) is 12.8. The molecular weight excluding hydrogens is 547 g/mol. The SMILES string of the molecule is NS(=O)c1ccc(Cc2c(-c3cccc(-c4ccccc4)c3)nn(-c3nc(C(=O)O)cs3)c2CC2CC2)c(F)c1. The quantitative estimate of drug-likeness (QED) is 0.224. The maximum Gasteiger partial charge on any atom is 0.355 e. The van der Waals surface area contributed by atoms with E-state index in [0.717, 1.165) is 47.2 Å². The Morgan fingerprint density at radius 1 is 1.05 bits per heavy atom. The highest BCUT2D eigenvalue weighted by Crippen LogP contribution is 2.39. The van der Waals surface area contributed by atoms with Crippen LogP contribution in [0.15, 0.2) is 83.1 Å². The summed E-state index contributed by atoms with van der Waals surface area (Å²) in [5, 5.41) is 21.9. The monoisotopic (exact) mass is 572 g/mol. The fourth-order valence-electron chi connectivity index (χ4n) is 4.79. The van der Waals surface area contributed by atoms with Crippen molar-refractivity contribution < 1.29 is 18.5 Å². The van der Waals surface area contributed by atoms with Crippen LogP contribution >= 0.6 is 11.3 Å². The Bertz CT molecular complexity index is 1750. The van der Waals surface area contributed by atoms with E-state index < -0.39 is 22.8 Å². The number of nitrogens with two attached hydrogens (primary N) is 1. The summed E-state index contributed by atoms with van der Waals surface area (Å²) in [5.74, 6) is -1.12. The Labute approximate surface area is 236 Å². The van der Waals surface area contributed by atoms with Crippen molar-refractivity contribution in [1.29, 1.82) is 0 Å². The number of hydrogen-bond acceptors (Lipinski definition) is 5. The number of carbonyl (C=O) groups is 1. The number of nitrogens with zero attached hydrogens (tertiary/aromatic N) is 3. The third kappa shape index (κ3) is 5.38. The molecule has 202 valence electrons. The van der Waals surface area contributed by atoms with E-state index in [2.05, 4.69) is 11.1 Å². The third-order valence-corrected chi connectivity index (χ3v) is 8.56. The number of aromatic carboxylic acids is 1. The molecule has 0 spiro atoms. The molecule has 1 saturated carbocycles. The first kappa shape index (κ1) is 26.2. The van der Waals surface area contributed by atoms with Crippen molar-refractivity contribution in [2.24, 2.45) is 11.1 Å². The third-order valence-electron chi connectivity index (χ3n) is 7.03. The van der Waals surface area contributed by atoms with Crippen molar-refractivity contribution >= 4 is 28.3 Å². The number of halogens is 1. The van der Waals surface area contributed by atoms with Crippen LogP contribution in [0.5, 0.6) is 0 Å². The van der Waals surface area contributed by atoms with Crippen molar-refractivity contribution in [3.05, 3.63) is 107 Å². The van der Waals surface area contributed by atoms with Gasteiger partial charge in [-0.25, -0.2) is 28.2 Å². The molecule has 0 saturated heterocycles. The van der Waals surface area contributed by atoms with Gasteiger partial charge in [-0.15, -0.1) is 11.3 Å². The number of aromatic nitrogens is 3. The normalized spacial score (nSPS) is 13.8. The van der Waals surface area contributed by atoms with Gasteiger partial charge in [0.25, 0.3) is 0 Å². The van der Waals surface area contributed by atoms with Gasteiger partial charge in [0.15, 0.2) is 5.69 Å². The van der Waals surface area contributed by atoms with E-state index in [4.69, 9.17) is 10.2 Å². The summed E-state index contributed by atoms with van der Waals surface area (Å²) in [6.45, 7) is 0. The maximum absolute atomic E-state index is 15.3. The van der Waals surface area contributed by atoms with Gasteiger partial charge in [0, 0.05) is 22.9 Å². The van der Waals surface area contributed by atoms with Gasteiger partial charge in [0.05, 0.1) is 16.3 Å². The average molecular weight is 573 g/mol. The Morgan fingerprint density at radius 3 is 2.48 bits per heavy atom. The van der Waals surface area contributed by atoms with Gasteiger partial charge in [-0.3, -0.25) is 0 Å². The zero-order valence-electron chi connectivity index (χ0n) is 21.3. The molecule has 1 atom stereocenters. The predicted molar refractivity (Wildman–Crippen MR) is 153 cm³/mol. The molecule has 2 aromatic heterocycles. The fourth-order valence-corrected chi connectivity index (χ4v) is 5.98. The van der Waals surface area contributed by atoms with E-state index in [0.29, 0.717) is 22.3 Å². The summed E-state index contributed by atoms with van der Waals surface area (Å²) in [5.41, 5.74) is 5.75. The summed E-state index contributed by atoms with van der Waals surface area (Å²) in [4.78, 5) is 16.1. The van der Waals surface area contributed by atoms with Crippen LogP contribution in [0.4, 0.5) is 4.39 Å². The maximum atomic E-state index is 15.3. The van der Waals surface area contributed by atoms with Gasteiger partial charge < -0.3 is 5.11 Å². The van der Waals surface area contributed by atoms with Crippen molar-refractivity contribution in [3.63, 3.8) is 0 Å². The van der Waals surface area contributed by atoms with Gasteiger partial charge in [-0.1, -0.05) is 54.6 Å². The van der Waals surface area contributed by atoms with Crippen LogP contribution in [0.3, 0.4) is 0 Å². The molecule has 1 aliphatic rings. The van der Waals surface area contributed by atoms with Crippen LogP contribution < -0.4 is 5.14 Å². The standard InChI is InChI=1S/C30H25FN4O3S2/c31-25-16-23(40(32)38)12-11-21(25)15-24-27(13-18-9-10-18)35(30-33-26(17-39-30)29(36)37)34-28(24)22-8-4-7-20(14-22)19-5-2-1-3-6-19/h1-8,11-12,14,16-18H,9-10,13,15,32H2,(H,36,37). The van der Waals surface area contributed by atoms with Crippen LogP contribution in [0.1, 0.15) is 40.2 Å². The highest BCUT2D eigenvalue weighted by atomic mass is 32.2. The number of benzene rings is 3. The number of hydrogen-bond donors (Lipinski definition) is 2. The fraction of sp³-hybridized carbons (Fsp3) is 0.167. The molecule has 0 aliphatic heterocycles. The van der Waals surface area contributed by atoms with Crippen LogP contribution in [-0.2, 0) is 23.8 Å². The lowest BCUT2D eigenvalue weighted by molar-refractivity contribution is 0.0691. The van der Waals surface area contributed by atoms with Gasteiger partial charge >= 0.3 is 5.97 Å². The number of carboxylic acid groups (broad SMARTS) is 1. The van der Waals surface area contributed by atoms with Gasteiger partial charge in [0.2, 0.25) is 5.13 Å². The van der Waals surface area contributed by atoms with Crippen LogP contribution in [0.25, 0.3) is 27.5 Å². The van der Waals surface area contributed by atoms with E-state index in [9.17, 15) is 14.1 Å². The Kier molecular flexibility index (Phi) is 7.14. The minimum Gasteiger partial charge on any atom is -0.476 e. The van der Waals surface area contributed by atoms with E-state index in [-0.39, 0.29) is 17.0 Å². The lowest BCUT2D eigenvalue weighted by Crippen LogP contribution is -2.07. The highest BCUT2D eigenvalue weighted by Gasteiger charge is 2.29. The summed E-state index contributed by atoms with van der Waals surface area (Å²) in [6, 6.07) is 22.5. The number of rotatable bonds is 9. The molecule has 0 radical (unpaired) electrons. The molecule has 5 aromatic rings. The average Bonchev–Trinajstić information content (AvgIpc) is 3.51. The topological polar surface area (TPSA) is 111 Å². The molecule has 3 aromatic carbocycles. The molecule has 1 unspecified atom stereocenters. The molecule has 1 fully saturated rings. The molecule has 7 nitrogen and oxygen atoms in total.